The Hall–Kier alpha value is -0.690. The lowest BCUT2D eigenvalue weighted by Gasteiger charge is -2.20. The van der Waals surface area contributed by atoms with Gasteiger partial charge in [-0.15, -0.1) is 11.3 Å². The van der Waals surface area contributed by atoms with Crippen LogP contribution in [0.4, 0.5) is 5.13 Å². The number of hydrogen-bond donors (Lipinski definition) is 1. The molecule has 0 aliphatic rings. The maximum absolute atomic E-state index is 5.15. The van der Waals surface area contributed by atoms with Gasteiger partial charge >= 0.3 is 0 Å². The lowest BCUT2D eigenvalue weighted by Crippen LogP contribution is -2.30. The predicted molar refractivity (Wildman–Crippen MR) is 84.6 cm³/mol. The highest BCUT2D eigenvalue weighted by molar-refractivity contribution is 7.13. The molecule has 1 rings (SSSR count). The van der Waals surface area contributed by atoms with E-state index in [4.69, 9.17) is 9.47 Å². The Morgan fingerprint density at radius 2 is 1.90 bits per heavy atom. The number of anilines is 1. The summed E-state index contributed by atoms with van der Waals surface area (Å²) < 4.78 is 10.3. The van der Waals surface area contributed by atoms with Crippen LogP contribution in [0.25, 0.3) is 0 Å². The van der Waals surface area contributed by atoms with Crippen molar-refractivity contribution < 1.29 is 9.47 Å². The molecular weight excluding hydrogens is 274 g/mol. The molecule has 1 heterocycles. The first-order chi connectivity index (χ1) is 9.67. The Bertz CT molecular complexity index is 350. The largest absolute Gasteiger partial charge is 0.383 e. The van der Waals surface area contributed by atoms with Crippen molar-refractivity contribution in [3.63, 3.8) is 0 Å². The summed E-state index contributed by atoms with van der Waals surface area (Å²) in [6.07, 6.45) is 0. The molecule has 0 amide bonds. The second kappa shape index (κ2) is 10.1. The Morgan fingerprint density at radius 1 is 1.25 bits per heavy atom. The molecule has 0 saturated carbocycles. The number of rotatable bonds is 11. The van der Waals surface area contributed by atoms with Gasteiger partial charge in [-0.3, -0.25) is 0 Å². The number of ether oxygens (including phenoxy) is 2. The number of aromatic nitrogens is 1. The van der Waals surface area contributed by atoms with E-state index >= 15 is 0 Å². The fraction of sp³-hybridized carbons (Fsp3) is 0.786. The average Bonchev–Trinajstić information content (AvgIpc) is 2.87. The van der Waals surface area contributed by atoms with Crippen molar-refractivity contribution in [1.82, 2.24) is 10.3 Å². The third-order valence-corrected chi connectivity index (χ3v) is 3.75. The summed E-state index contributed by atoms with van der Waals surface area (Å²) >= 11 is 1.68. The summed E-state index contributed by atoms with van der Waals surface area (Å²) in [4.78, 5) is 6.90. The fourth-order valence-electron chi connectivity index (χ4n) is 1.72. The molecular formula is C14H27N3O2S. The van der Waals surface area contributed by atoms with Crippen molar-refractivity contribution >= 4 is 16.5 Å². The van der Waals surface area contributed by atoms with Crippen molar-refractivity contribution in [2.45, 2.75) is 20.4 Å². The van der Waals surface area contributed by atoms with Crippen LogP contribution in [-0.4, -0.2) is 52.1 Å². The molecule has 0 atom stereocenters. The van der Waals surface area contributed by atoms with E-state index < -0.39 is 0 Å². The van der Waals surface area contributed by atoms with Gasteiger partial charge in [0.05, 0.1) is 18.9 Å². The monoisotopic (exact) mass is 301 g/mol. The van der Waals surface area contributed by atoms with E-state index in [1.54, 1.807) is 25.6 Å². The van der Waals surface area contributed by atoms with Crippen LogP contribution in [-0.2, 0) is 16.0 Å². The Kier molecular flexibility index (Phi) is 8.77. The summed E-state index contributed by atoms with van der Waals surface area (Å²) in [5, 5.41) is 6.58. The van der Waals surface area contributed by atoms with E-state index in [1.807, 2.05) is 0 Å². The van der Waals surface area contributed by atoms with E-state index in [-0.39, 0.29) is 0 Å². The van der Waals surface area contributed by atoms with Gasteiger partial charge in [0.25, 0.3) is 0 Å². The summed E-state index contributed by atoms with van der Waals surface area (Å²) in [7, 11) is 3.44. The highest BCUT2D eigenvalue weighted by atomic mass is 32.1. The first kappa shape index (κ1) is 17.4. The maximum atomic E-state index is 5.15. The lowest BCUT2D eigenvalue weighted by atomic mass is 10.2. The van der Waals surface area contributed by atoms with Crippen molar-refractivity contribution in [2.75, 3.05) is 52.0 Å². The second-order valence-corrected chi connectivity index (χ2v) is 5.96. The molecule has 0 radical (unpaired) electrons. The number of thiazole rings is 1. The quantitative estimate of drug-likeness (QED) is 0.677. The zero-order valence-corrected chi connectivity index (χ0v) is 13.8. The fourth-order valence-corrected chi connectivity index (χ4v) is 2.60. The van der Waals surface area contributed by atoms with Crippen LogP contribution >= 0.6 is 11.3 Å². The molecule has 6 heteroatoms. The first-order valence-corrected chi connectivity index (χ1v) is 7.93. The molecule has 1 aromatic heterocycles. The van der Waals surface area contributed by atoms with Gasteiger partial charge in [0.1, 0.15) is 0 Å². The standard InChI is InChI=1S/C14H27N3O2S/c1-12(2)9-15-10-13-11-20-14(16-13)17(5-7-18-3)6-8-19-4/h11-12,15H,5-10H2,1-4H3. The molecule has 1 aromatic rings. The molecule has 0 aromatic carbocycles. The third-order valence-electron chi connectivity index (χ3n) is 2.80. The van der Waals surface area contributed by atoms with Crippen LogP contribution in [0, 0.1) is 5.92 Å². The predicted octanol–water partition coefficient (Wildman–Crippen LogP) is 1.99. The first-order valence-electron chi connectivity index (χ1n) is 7.05. The minimum Gasteiger partial charge on any atom is -0.383 e. The summed E-state index contributed by atoms with van der Waals surface area (Å²) in [5.74, 6) is 0.660. The number of nitrogens with one attached hydrogen (secondary N) is 1. The summed E-state index contributed by atoms with van der Waals surface area (Å²) in [6, 6.07) is 0. The van der Waals surface area contributed by atoms with Gasteiger partial charge in [-0.2, -0.15) is 0 Å². The van der Waals surface area contributed by atoms with Crippen LogP contribution in [0.3, 0.4) is 0 Å². The normalized spacial score (nSPS) is 11.2. The molecule has 116 valence electrons. The minimum absolute atomic E-state index is 0.660. The zero-order valence-electron chi connectivity index (χ0n) is 13.0. The molecule has 0 aliphatic carbocycles. The van der Waals surface area contributed by atoms with Crippen LogP contribution in [0.5, 0.6) is 0 Å². The van der Waals surface area contributed by atoms with E-state index in [9.17, 15) is 0 Å². The van der Waals surface area contributed by atoms with Crippen LogP contribution < -0.4 is 10.2 Å². The third kappa shape index (κ3) is 6.65. The Labute approximate surface area is 126 Å². The SMILES string of the molecule is COCCN(CCOC)c1nc(CNCC(C)C)cs1. The molecule has 0 bridgehead atoms. The maximum Gasteiger partial charge on any atom is 0.185 e. The summed E-state index contributed by atoms with van der Waals surface area (Å²) in [5.41, 5.74) is 1.10. The van der Waals surface area contributed by atoms with Crippen LogP contribution in [0.2, 0.25) is 0 Å². The van der Waals surface area contributed by atoms with Crippen molar-refractivity contribution in [2.24, 2.45) is 5.92 Å². The number of hydrogen-bond acceptors (Lipinski definition) is 6. The van der Waals surface area contributed by atoms with Gasteiger partial charge in [0.2, 0.25) is 0 Å². The van der Waals surface area contributed by atoms with Gasteiger partial charge < -0.3 is 19.7 Å². The molecule has 20 heavy (non-hydrogen) atoms. The van der Waals surface area contributed by atoms with E-state index in [0.29, 0.717) is 19.1 Å². The minimum atomic E-state index is 0.660. The Morgan fingerprint density at radius 3 is 2.45 bits per heavy atom. The van der Waals surface area contributed by atoms with Crippen LogP contribution in [0.1, 0.15) is 19.5 Å². The van der Waals surface area contributed by atoms with Crippen molar-refractivity contribution in [3.05, 3.63) is 11.1 Å². The van der Waals surface area contributed by atoms with Crippen LogP contribution in [0.15, 0.2) is 5.38 Å². The second-order valence-electron chi connectivity index (χ2n) is 5.12. The Balaban J connectivity index is 2.50. The molecule has 5 nitrogen and oxygen atoms in total. The molecule has 0 saturated heterocycles. The number of nitrogens with zero attached hydrogens (tertiary/aromatic N) is 2. The highest BCUT2D eigenvalue weighted by Crippen LogP contribution is 2.20. The van der Waals surface area contributed by atoms with E-state index in [2.05, 4.69) is 34.4 Å². The topological polar surface area (TPSA) is 46.6 Å². The molecule has 0 fully saturated rings. The van der Waals surface area contributed by atoms with E-state index in [1.165, 1.54) is 0 Å². The van der Waals surface area contributed by atoms with Gasteiger partial charge in [-0.05, 0) is 12.5 Å². The lowest BCUT2D eigenvalue weighted by molar-refractivity contribution is 0.190. The molecule has 0 unspecified atom stereocenters. The van der Waals surface area contributed by atoms with Crippen molar-refractivity contribution in [1.29, 1.82) is 0 Å². The van der Waals surface area contributed by atoms with Gasteiger partial charge in [0.15, 0.2) is 5.13 Å². The van der Waals surface area contributed by atoms with E-state index in [0.717, 1.165) is 37.0 Å². The highest BCUT2D eigenvalue weighted by Gasteiger charge is 2.11. The number of methoxy groups -OCH3 is 2. The average molecular weight is 301 g/mol. The van der Waals surface area contributed by atoms with Gasteiger partial charge in [0, 0.05) is 39.2 Å². The van der Waals surface area contributed by atoms with Gasteiger partial charge in [-0.25, -0.2) is 4.98 Å². The zero-order chi connectivity index (χ0) is 14.8. The molecule has 0 aliphatic heterocycles. The summed E-state index contributed by atoms with van der Waals surface area (Å²) in [6.45, 7) is 9.33. The van der Waals surface area contributed by atoms with Crippen molar-refractivity contribution in [3.8, 4) is 0 Å². The van der Waals surface area contributed by atoms with Gasteiger partial charge in [-0.1, -0.05) is 13.8 Å². The smallest absolute Gasteiger partial charge is 0.185 e. The molecule has 0 spiro atoms. The molecule has 1 N–H and O–H groups in total.